The number of carbonyl (C=O) groups excluding carboxylic acids is 2. The highest BCUT2D eigenvalue weighted by Crippen LogP contribution is 2.28. The molecule has 6 nitrogen and oxygen atoms in total. The zero-order chi connectivity index (χ0) is 18.1. The predicted molar refractivity (Wildman–Crippen MR) is 96.9 cm³/mol. The number of likely N-dealkylation sites (tertiary alicyclic amines) is 1. The molecule has 1 unspecified atom stereocenters. The second-order valence-electron chi connectivity index (χ2n) is 8.22. The Hall–Kier alpha value is -1.47. The second-order valence-corrected chi connectivity index (χ2v) is 9.08. The SMILES string of the molecule is CC(C)(C)C(=O)Nc1nc(CC(=O)N2CCC(N)C(C)(C)C2)cs1. The maximum absolute atomic E-state index is 12.5. The molecule has 3 N–H and O–H groups in total. The van der Waals surface area contributed by atoms with E-state index in [-0.39, 0.29) is 29.7 Å². The van der Waals surface area contributed by atoms with Crippen molar-refractivity contribution in [2.45, 2.75) is 53.5 Å². The lowest BCUT2D eigenvalue weighted by molar-refractivity contribution is -0.133. The van der Waals surface area contributed by atoms with E-state index < -0.39 is 5.41 Å². The molecule has 0 aliphatic carbocycles. The Morgan fingerprint density at radius 3 is 2.71 bits per heavy atom. The third kappa shape index (κ3) is 4.54. The first kappa shape index (κ1) is 18.9. The summed E-state index contributed by atoms with van der Waals surface area (Å²) < 4.78 is 0. The molecule has 134 valence electrons. The molecule has 1 atom stereocenters. The van der Waals surface area contributed by atoms with Gasteiger partial charge in [0.1, 0.15) is 0 Å². The average Bonchev–Trinajstić information content (AvgIpc) is 2.87. The highest BCUT2D eigenvalue weighted by molar-refractivity contribution is 7.13. The number of rotatable bonds is 3. The van der Waals surface area contributed by atoms with Gasteiger partial charge in [0.25, 0.3) is 0 Å². The van der Waals surface area contributed by atoms with Crippen LogP contribution in [-0.2, 0) is 16.0 Å². The maximum atomic E-state index is 12.5. The minimum atomic E-state index is -0.472. The molecule has 7 heteroatoms. The fraction of sp³-hybridized carbons (Fsp3) is 0.706. The topological polar surface area (TPSA) is 88.3 Å². The van der Waals surface area contributed by atoms with Gasteiger partial charge in [-0.3, -0.25) is 9.59 Å². The molecule has 1 aliphatic heterocycles. The Kier molecular flexibility index (Phi) is 5.34. The van der Waals surface area contributed by atoms with Gasteiger partial charge in [0.15, 0.2) is 5.13 Å². The summed E-state index contributed by atoms with van der Waals surface area (Å²) in [6.07, 6.45) is 1.08. The summed E-state index contributed by atoms with van der Waals surface area (Å²) in [5.41, 5.74) is 6.28. The number of piperidine rings is 1. The van der Waals surface area contributed by atoms with Gasteiger partial charge in [0, 0.05) is 29.9 Å². The molecule has 1 saturated heterocycles. The van der Waals surface area contributed by atoms with Gasteiger partial charge in [-0.2, -0.15) is 0 Å². The van der Waals surface area contributed by atoms with Crippen molar-refractivity contribution in [2.75, 3.05) is 18.4 Å². The summed E-state index contributed by atoms with van der Waals surface area (Å²) in [4.78, 5) is 30.7. The van der Waals surface area contributed by atoms with Crippen LogP contribution in [0.4, 0.5) is 5.13 Å². The average molecular weight is 353 g/mol. The molecule has 0 aromatic carbocycles. The predicted octanol–water partition coefficient (Wildman–Crippen LogP) is 2.26. The van der Waals surface area contributed by atoms with Crippen molar-refractivity contribution in [1.82, 2.24) is 9.88 Å². The van der Waals surface area contributed by atoms with Gasteiger partial charge < -0.3 is 16.0 Å². The molecular weight excluding hydrogens is 324 g/mol. The first-order valence-corrected chi connectivity index (χ1v) is 9.16. The molecule has 24 heavy (non-hydrogen) atoms. The minimum Gasteiger partial charge on any atom is -0.342 e. The summed E-state index contributed by atoms with van der Waals surface area (Å²) in [6, 6.07) is 0.125. The van der Waals surface area contributed by atoms with Gasteiger partial charge >= 0.3 is 0 Å². The number of nitrogens with zero attached hydrogens (tertiary/aromatic N) is 2. The van der Waals surface area contributed by atoms with Crippen LogP contribution < -0.4 is 11.1 Å². The summed E-state index contributed by atoms with van der Waals surface area (Å²) >= 11 is 1.35. The lowest BCUT2D eigenvalue weighted by atomic mass is 9.79. The van der Waals surface area contributed by atoms with Crippen LogP contribution >= 0.6 is 11.3 Å². The molecule has 2 heterocycles. The van der Waals surface area contributed by atoms with Crippen LogP contribution in [0.1, 0.15) is 46.7 Å². The molecular formula is C17H28N4O2S. The van der Waals surface area contributed by atoms with Gasteiger partial charge in [-0.25, -0.2) is 4.98 Å². The van der Waals surface area contributed by atoms with Crippen molar-refractivity contribution in [3.63, 3.8) is 0 Å². The third-order valence-corrected chi connectivity index (χ3v) is 5.26. The summed E-state index contributed by atoms with van der Waals surface area (Å²) in [6.45, 7) is 11.1. The monoisotopic (exact) mass is 352 g/mol. The Morgan fingerprint density at radius 1 is 1.46 bits per heavy atom. The van der Waals surface area contributed by atoms with E-state index in [9.17, 15) is 9.59 Å². The first-order chi connectivity index (χ1) is 11.0. The van der Waals surface area contributed by atoms with Gasteiger partial charge in [-0.05, 0) is 11.8 Å². The normalized spacial score (nSPS) is 20.8. The standard InChI is InChI=1S/C17H28N4O2S/c1-16(2,3)14(23)20-15-19-11(9-24-15)8-13(22)21-7-6-12(18)17(4,5)10-21/h9,12H,6-8,10,18H2,1-5H3,(H,19,20,23). The number of aromatic nitrogens is 1. The molecule has 2 amide bonds. The van der Waals surface area contributed by atoms with E-state index in [1.165, 1.54) is 11.3 Å². The van der Waals surface area contributed by atoms with Gasteiger partial charge in [-0.1, -0.05) is 34.6 Å². The van der Waals surface area contributed by atoms with E-state index in [0.29, 0.717) is 23.9 Å². The van der Waals surface area contributed by atoms with Crippen molar-refractivity contribution < 1.29 is 9.59 Å². The van der Waals surface area contributed by atoms with Gasteiger partial charge in [-0.15, -0.1) is 11.3 Å². The lowest BCUT2D eigenvalue weighted by Gasteiger charge is -2.42. The summed E-state index contributed by atoms with van der Waals surface area (Å²) in [5, 5.41) is 5.17. The van der Waals surface area contributed by atoms with E-state index in [2.05, 4.69) is 24.1 Å². The van der Waals surface area contributed by atoms with Crippen molar-refractivity contribution >= 4 is 28.3 Å². The van der Waals surface area contributed by atoms with E-state index in [4.69, 9.17) is 5.73 Å². The summed E-state index contributed by atoms with van der Waals surface area (Å²) in [7, 11) is 0. The van der Waals surface area contributed by atoms with E-state index in [1.54, 1.807) is 0 Å². The zero-order valence-corrected chi connectivity index (χ0v) is 16.0. The molecule has 1 aliphatic rings. The number of amides is 2. The van der Waals surface area contributed by atoms with Crippen LogP contribution in [0.5, 0.6) is 0 Å². The van der Waals surface area contributed by atoms with Crippen LogP contribution in [0.3, 0.4) is 0 Å². The number of hydrogen-bond acceptors (Lipinski definition) is 5. The fourth-order valence-electron chi connectivity index (χ4n) is 2.58. The maximum Gasteiger partial charge on any atom is 0.231 e. The van der Waals surface area contributed by atoms with Crippen LogP contribution in [0.15, 0.2) is 5.38 Å². The largest absolute Gasteiger partial charge is 0.342 e. The molecule has 0 spiro atoms. The Balaban J connectivity index is 1.95. The molecule has 1 fully saturated rings. The van der Waals surface area contributed by atoms with E-state index in [1.807, 2.05) is 31.1 Å². The minimum absolute atomic E-state index is 0.0639. The zero-order valence-electron chi connectivity index (χ0n) is 15.2. The van der Waals surface area contributed by atoms with Crippen molar-refractivity contribution in [1.29, 1.82) is 0 Å². The van der Waals surface area contributed by atoms with Crippen molar-refractivity contribution in [2.24, 2.45) is 16.6 Å². The van der Waals surface area contributed by atoms with Crippen molar-refractivity contribution in [3.8, 4) is 0 Å². The van der Waals surface area contributed by atoms with E-state index >= 15 is 0 Å². The highest BCUT2D eigenvalue weighted by atomic mass is 32.1. The Morgan fingerprint density at radius 2 is 2.12 bits per heavy atom. The first-order valence-electron chi connectivity index (χ1n) is 8.28. The number of nitrogens with one attached hydrogen (secondary N) is 1. The van der Waals surface area contributed by atoms with Crippen LogP contribution in [0.2, 0.25) is 0 Å². The molecule has 2 rings (SSSR count). The second kappa shape index (κ2) is 6.80. The van der Waals surface area contributed by atoms with Gasteiger partial charge in [0.05, 0.1) is 12.1 Å². The molecule has 1 aromatic heterocycles. The van der Waals surface area contributed by atoms with Crippen LogP contribution in [-0.4, -0.2) is 40.8 Å². The molecule has 0 saturated carbocycles. The van der Waals surface area contributed by atoms with Crippen LogP contribution in [0, 0.1) is 10.8 Å². The smallest absolute Gasteiger partial charge is 0.231 e. The Bertz CT molecular complexity index is 618. The Labute approximate surface area is 147 Å². The molecule has 0 bridgehead atoms. The number of nitrogens with two attached hydrogens (primary N) is 1. The quantitative estimate of drug-likeness (QED) is 0.873. The number of thiazole rings is 1. The fourth-order valence-corrected chi connectivity index (χ4v) is 3.29. The number of carbonyl (C=O) groups is 2. The van der Waals surface area contributed by atoms with E-state index in [0.717, 1.165) is 6.42 Å². The lowest BCUT2D eigenvalue weighted by Crippen LogP contribution is -2.54. The molecule has 0 radical (unpaired) electrons. The van der Waals surface area contributed by atoms with Crippen LogP contribution in [0.25, 0.3) is 0 Å². The molecule has 1 aromatic rings. The van der Waals surface area contributed by atoms with Crippen molar-refractivity contribution in [3.05, 3.63) is 11.1 Å². The number of anilines is 1. The van der Waals surface area contributed by atoms with Gasteiger partial charge in [0.2, 0.25) is 11.8 Å². The summed E-state index contributed by atoms with van der Waals surface area (Å²) in [5.74, 6) is -0.0181. The third-order valence-electron chi connectivity index (χ3n) is 4.45. The highest BCUT2D eigenvalue weighted by Gasteiger charge is 2.35. The number of hydrogen-bond donors (Lipinski definition) is 2.